The first-order chi connectivity index (χ1) is 21.5. The Bertz CT molecular complexity index is 1420. The standard InChI is InChI=1S/C32H36N2O10S/c1-18(35)40-17-26-27(41-19(2)36)28(42-20(3)37)29(43-21(4)38)31(44-26)45-32-33-25(16-23-13-9-6-10-14-23)24(30(39)34-32)15-22-11-7-5-8-12-22/h5-14,26-29,31-33H,15-17H2,1-4H3,(H,34,39)/t26-,27+,28+,29-,31+,32?/m1/s1. The Balaban J connectivity index is 1.66. The lowest BCUT2D eigenvalue weighted by Gasteiger charge is -2.45. The highest BCUT2D eigenvalue weighted by Crippen LogP contribution is 2.36. The van der Waals surface area contributed by atoms with E-state index in [1.807, 2.05) is 60.7 Å². The molecule has 45 heavy (non-hydrogen) atoms. The zero-order valence-electron chi connectivity index (χ0n) is 25.3. The van der Waals surface area contributed by atoms with E-state index in [1.54, 1.807) is 0 Å². The van der Waals surface area contributed by atoms with Gasteiger partial charge in [0, 0.05) is 51.8 Å². The highest BCUT2D eigenvalue weighted by molar-refractivity contribution is 8.00. The maximum atomic E-state index is 13.6. The van der Waals surface area contributed by atoms with Crippen LogP contribution >= 0.6 is 11.8 Å². The van der Waals surface area contributed by atoms with E-state index >= 15 is 0 Å². The molecule has 12 nitrogen and oxygen atoms in total. The number of nitrogens with one attached hydrogen (secondary N) is 2. The van der Waals surface area contributed by atoms with Crippen molar-refractivity contribution in [2.75, 3.05) is 6.61 Å². The molecule has 13 heteroatoms. The Morgan fingerprint density at radius 3 is 1.80 bits per heavy atom. The van der Waals surface area contributed by atoms with Gasteiger partial charge in [-0.2, -0.15) is 0 Å². The van der Waals surface area contributed by atoms with Gasteiger partial charge < -0.3 is 34.3 Å². The summed E-state index contributed by atoms with van der Waals surface area (Å²) in [4.78, 5) is 61.7. The Hall–Kier alpha value is -4.36. The number of hydrogen-bond acceptors (Lipinski definition) is 12. The van der Waals surface area contributed by atoms with Crippen molar-refractivity contribution in [2.24, 2.45) is 0 Å². The van der Waals surface area contributed by atoms with E-state index in [4.69, 9.17) is 23.7 Å². The van der Waals surface area contributed by atoms with Crippen LogP contribution in [-0.4, -0.2) is 71.7 Å². The average molecular weight is 641 g/mol. The van der Waals surface area contributed by atoms with Crippen LogP contribution < -0.4 is 10.6 Å². The first-order valence-electron chi connectivity index (χ1n) is 14.3. The molecule has 0 spiro atoms. The fraction of sp³-hybridized carbons (Fsp3) is 0.406. The molecule has 2 heterocycles. The molecule has 1 saturated heterocycles. The van der Waals surface area contributed by atoms with Gasteiger partial charge in [0.1, 0.15) is 18.1 Å². The molecule has 2 aliphatic heterocycles. The van der Waals surface area contributed by atoms with Gasteiger partial charge in [0.2, 0.25) is 0 Å². The summed E-state index contributed by atoms with van der Waals surface area (Å²) in [7, 11) is 0. The van der Waals surface area contributed by atoms with Crippen molar-refractivity contribution in [2.45, 2.75) is 75.9 Å². The average Bonchev–Trinajstić information content (AvgIpc) is 2.97. The summed E-state index contributed by atoms with van der Waals surface area (Å²) in [5.41, 5.74) is 1.34. The van der Waals surface area contributed by atoms with Gasteiger partial charge in [-0.3, -0.25) is 24.0 Å². The zero-order valence-corrected chi connectivity index (χ0v) is 26.2. The van der Waals surface area contributed by atoms with E-state index in [0.717, 1.165) is 36.7 Å². The summed E-state index contributed by atoms with van der Waals surface area (Å²) in [5.74, 6) is -3.06. The molecule has 4 rings (SSSR count). The van der Waals surface area contributed by atoms with Crippen LogP contribution in [0.25, 0.3) is 0 Å². The van der Waals surface area contributed by atoms with Crippen LogP contribution in [0.15, 0.2) is 71.9 Å². The predicted octanol–water partition coefficient (Wildman–Crippen LogP) is 2.55. The number of carbonyl (C=O) groups excluding carboxylic acids is 5. The third-order valence-electron chi connectivity index (χ3n) is 6.87. The number of thioether (sulfide) groups is 1. The lowest BCUT2D eigenvalue weighted by atomic mass is 9.98. The Labute approximate surface area is 265 Å². The number of hydrogen-bond donors (Lipinski definition) is 2. The maximum absolute atomic E-state index is 13.6. The van der Waals surface area contributed by atoms with E-state index < -0.39 is 59.2 Å². The molecular formula is C32H36N2O10S. The monoisotopic (exact) mass is 640 g/mol. The second-order valence-corrected chi connectivity index (χ2v) is 11.7. The minimum atomic E-state index is -1.31. The van der Waals surface area contributed by atoms with Gasteiger partial charge in [0.05, 0.1) is 0 Å². The molecule has 0 radical (unpaired) electrons. The van der Waals surface area contributed by atoms with E-state index in [1.165, 1.54) is 13.8 Å². The highest BCUT2D eigenvalue weighted by atomic mass is 32.2. The van der Waals surface area contributed by atoms with Gasteiger partial charge in [-0.15, -0.1) is 0 Å². The van der Waals surface area contributed by atoms with E-state index in [9.17, 15) is 24.0 Å². The SMILES string of the molecule is CC(=O)OC[C@H]1O[C@@H](SC2NC(=O)C(Cc3ccccc3)=C(Cc3ccccc3)N2)[C@H](OC(C)=O)[C@@H](OC(C)=O)[C@H]1OC(C)=O. The molecule has 0 bridgehead atoms. The van der Waals surface area contributed by atoms with Gasteiger partial charge in [0.15, 0.2) is 23.8 Å². The molecule has 6 atom stereocenters. The van der Waals surface area contributed by atoms with Crippen LogP contribution in [0.4, 0.5) is 0 Å². The summed E-state index contributed by atoms with van der Waals surface area (Å²) >= 11 is 1.06. The van der Waals surface area contributed by atoms with E-state index in [-0.39, 0.29) is 12.5 Å². The van der Waals surface area contributed by atoms with Gasteiger partial charge in [-0.25, -0.2) is 0 Å². The van der Waals surface area contributed by atoms with Gasteiger partial charge in [-0.05, 0) is 11.1 Å². The topological polar surface area (TPSA) is 156 Å². The Morgan fingerprint density at radius 2 is 1.24 bits per heavy atom. The Morgan fingerprint density at radius 1 is 0.711 bits per heavy atom. The molecule has 2 N–H and O–H groups in total. The van der Waals surface area contributed by atoms with E-state index in [0.29, 0.717) is 24.1 Å². The summed E-state index contributed by atoms with van der Waals surface area (Å²) in [6.07, 6.45) is -4.12. The number of esters is 4. The van der Waals surface area contributed by atoms with Gasteiger partial charge in [-0.1, -0.05) is 72.4 Å². The van der Waals surface area contributed by atoms with Crippen molar-refractivity contribution >= 4 is 41.5 Å². The minimum absolute atomic E-state index is 0.299. The molecule has 1 fully saturated rings. The zero-order chi connectivity index (χ0) is 32.5. The molecule has 2 aliphatic rings. The number of rotatable bonds is 11. The molecule has 2 aromatic rings. The normalized spacial score (nSPS) is 24.5. The predicted molar refractivity (Wildman–Crippen MR) is 162 cm³/mol. The van der Waals surface area contributed by atoms with Crippen molar-refractivity contribution in [1.82, 2.24) is 10.6 Å². The lowest BCUT2D eigenvalue weighted by Crippen LogP contribution is -2.62. The van der Waals surface area contributed by atoms with Crippen LogP contribution in [0, 0.1) is 0 Å². The summed E-state index contributed by atoms with van der Waals surface area (Å²) in [5, 5.41) is 6.34. The second-order valence-electron chi connectivity index (χ2n) is 10.5. The second kappa shape index (κ2) is 15.6. The largest absolute Gasteiger partial charge is 0.463 e. The highest BCUT2D eigenvalue weighted by Gasteiger charge is 2.53. The molecule has 240 valence electrons. The fourth-order valence-electron chi connectivity index (χ4n) is 5.07. The van der Waals surface area contributed by atoms with Crippen molar-refractivity contribution < 1.29 is 47.7 Å². The summed E-state index contributed by atoms with van der Waals surface area (Å²) in [6.45, 7) is 4.35. The third kappa shape index (κ3) is 9.56. The van der Waals surface area contributed by atoms with Crippen LogP contribution in [0.5, 0.6) is 0 Å². The molecule has 0 aromatic heterocycles. The van der Waals surface area contributed by atoms with E-state index in [2.05, 4.69) is 10.6 Å². The third-order valence-corrected chi connectivity index (χ3v) is 8.03. The lowest BCUT2D eigenvalue weighted by molar-refractivity contribution is -0.237. The number of allylic oxidation sites excluding steroid dienone is 1. The van der Waals surface area contributed by atoms with Crippen LogP contribution in [0.1, 0.15) is 38.8 Å². The fourth-order valence-corrected chi connectivity index (χ4v) is 6.30. The number of ether oxygens (including phenoxy) is 5. The molecule has 1 unspecified atom stereocenters. The van der Waals surface area contributed by atoms with Crippen LogP contribution in [-0.2, 0) is 60.5 Å². The smallest absolute Gasteiger partial charge is 0.303 e. The van der Waals surface area contributed by atoms with Crippen molar-refractivity contribution in [1.29, 1.82) is 0 Å². The molecule has 1 amide bonds. The first kappa shape index (κ1) is 33.5. The number of benzene rings is 2. The summed E-state index contributed by atoms with van der Waals surface area (Å²) in [6, 6.07) is 19.3. The van der Waals surface area contributed by atoms with Crippen LogP contribution in [0.2, 0.25) is 0 Å². The first-order valence-corrected chi connectivity index (χ1v) is 15.3. The minimum Gasteiger partial charge on any atom is -0.463 e. The Kier molecular flexibility index (Phi) is 11.6. The van der Waals surface area contributed by atoms with Crippen molar-refractivity contribution in [3.05, 3.63) is 83.1 Å². The molecular weight excluding hydrogens is 604 g/mol. The quantitative estimate of drug-likeness (QED) is 0.274. The number of carbonyl (C=O) groups is 5. The van der Waals surface area contributed by atoms with Crippen molar-refractivity contribution in [3.63, 3.8) is 0 Å². The summed E-state index contributed by atoms with van der Waals surface area (Å²) < 4.78 is 27.9. The molecule has 0 saturated carbocycles. The number of amides is 1. The molecule has 0 aliphatic carbocycles. The molecule has 2 aromatic carbocycles. The van der Waals surface area contributed by atoms with Crippen molar-refractivity contribution in [3.8, 4) is 0 Å². The van der Waals surface area contributed by atoms with Gasteiger partial charge >= 0.3 is 23.9 Å². The van der Waals surface area contributed by atoms with Crippen LogP contribution in [0.3, 0.4) is 0 Å². The maximum Gasteiger partial charge on any atom is 0.303 e. The van der Waals surface area contributed by atoms with Gasteiger partial charge in [0.25, 0.3) is 5.91 Å².